The van der Waals surface area contributed by atoms with Crippen LogP contribution in [-0.4, -0.2) is 6.21 Å². The molecule has 0 spiro atoms. The molecular weight excluding hydrogens is 263 g/mol. The largest absolute Gasteiger partial charge is 0.278 e. The molecule has 60 valence electrons. The first-order chi connectivity index (χ1) is 5.86. The van der Waals surface area contributed by atoms with E-state index in [2.05, 4.69) is 45.3 Å². The fraction of sp³-hybridized carbons (Fsp3) is 0. The Morgan fingerprint density at radius 1 is 1.33 bits per heavy atom. The molecule has 0 aliphatic carbocycles. The fourth-order valence-electron chi connectivity index (χ4n) is 1.07. The number of hydrazone groups is 1. The Bertz CT molecular complexity index is 356. The van der Waals surface area contributed by atoms with Crippen molar-refractivity contribution < 1.29 is 0 Å². The minimum absolute atomic E-state index is 1.06. The summed E-state index contributed by atoms with van der Waals surface area (Å²) in [5, 5.41) is 3.98. The van der Waals surface area contributed by atoms with Crippen molar-refractivity contribution in [3.05, 3.63) is 33.4 Å². The monoisotopic (exact) mass is 270 g/mol. The van der Waals surface area contributed by atoms with Crippen LogP contribution < -0.4 is 5.43 Å². The average Bonchev–Trinajstić information content (AvgIpc) is 2.28. The molecule has 0 saturated carbocycles. The highest BCUT2D eigenvalue weighted by Gasteiger charge is 1.99. The zero-order chi connectivity index (χ0) is 8.39. The summed E-state index contributed by atoms with van der Waals surface area (Å²) in [7, 11) is 0. The molecule has 1 aromatic carbocycles. The second-order valence-electron chi connectivity index (χ2n) is 2.48. The van der Waals surface area contributed by atoms with Gasteiger partial charge in [0.05, 0.1) is 5.69 Å². The third-order valence-corrected chi connectivity index (χ3v) is 2.31. The van der Waals surface area contributed by atoms with Crippen LogP contribution in [0.1, 0.15) is 5.56 Å². The summed E-state index contributed by atoms with van der Waals surface area (Å²) in [6.07, 6.45) is 5.71. The van der Waals surface area contributed by atoms with E-state index < -0.39 is 0 Å². The fourth-order valence-corrected chi connectivity index (χ4v) is 1.59. The van der Waals surface area contributed by atoms with Gasteiger partial charge in [0.15, 0.2) is 0 Å². The standard InChI is InChI=1S/C9H7IN2/c10-8-3-4-9-7(6-8)2-1-5-11-12-9/h1-6,12H. The predicted octanol–water partition coefficient (Wildman–Crippen LogP) is 2.72. The quantitative estimate of drug-likeness (QED) is 0.720. The summed E-state index contributed by atoms with van der Waals surface area (Å²) in [5.41, 5.74) is 5.19. The van der Waals surface area contributed by atoms with Crippen LogP contribution >= 0.6 is 22.6 Å². The van der Waals surface area contributed by atoms with Gasteiger partial charge in [-0.2, -0.15) is 5.10 Å². The van der Waals surface area contributed by atoms with Crippen LogP contribution in [0.25, 0.3) is 6.08 Å². The van der Waals surface area contributed by atoms with Crippen LogP contribution in [0, 0.1) is 3.57 Å². The first kappa shape index (κ1) is 7.79. The van der Waals surface area contributed by atoms with E-state index in [9.17, 15) is 0 Å². The number of nitrogens with zero attached hydrogens (tertiary/aromatic N) is 1. The lowest BCUT2D eigenvalue weighted by Crippen LogP contribution is -1.89. The molecule has 0 unspecified atom stereocenters. The highest BCUT2D eigenvalue weighted by atomic mass is 127. The molecule has 1 aliphatic heterocycles. The normalized spacial score (nSPS) is 13.4. The van der Waals surface area contributed by atoms with Crippen molar-refractivity contribution in [3.63, 3.8) is 0 Å². The van der Waals surface area contributed by atoms with Crippen molar-refractivity contribution in [1.82, 2.24) is 0 Å². The Balaban J connectivity index is 2.53. The Morgan fingerprint density at radius 2 is 2.25 bits per heavy atom. The van der Waals surface area contributed by atoms with Gasteiger partial charge in [0.1, 0.15) is 0 Å². The summed E-state index contributed by atoms with van der Waals surface area (Å²) >= 11 is 2.30. The van der Waals surface area contributed by atoms with Gasteiger partial charge in [-0.25, -0.2) is 0 Å². The van der Waals surface area contributed by atoms with Crippen molar-refractivity contribution in [2.24, 2.45) is 5.10 Å². The van der Waals surface area contributed by atoms with E-state index in [4.69, 9.17) is 0 Å². The van der Waals surface area contributed by atoms with E-state index in [0.717, 1.165) is 5.69 Å². The molecule has 1 N–H and O–H groups in total. The topological polar surface area (TPSA) is 24.4 Å². The van der Waals surface area contributed by atoms with Crippen LogP contribution in [-0.2, 0) is 0 Å². The van der Waals surface area contributed by atoms with Gasteiger partial charge < -0.3 is 0 Å². The Hall–Kier alpha value is -0.840. The number of hydrogen-bond donors (Lipinski definition) is 1. The number of benzene rings is 1. The summed E-state index contributed by atoms with van der Waals surface area (Å²) in [6, 6.07) is 6.21. The second-order valence-corrected chi connectivity index (χ2v) is 3.73. The molecule has 1 heterocycles. The van der Waals surface area contributed by atoms with E-state index >= 15 is 0 Å². The van der Waals surface area contributed by atoms with Gasteiger partial charge in [-0.05, 0) is 46.9 Å². The van der Waals surface area contributed by atoms with Gasteiger partial charge >= 0.3 is 0 Å². The molecule has 0 atom stereocenters. The van der Waals surface area contributed by atoms with Crippen molar-refractivity contribution in [2.75, 3.05) is 5.43 Å². The third kappa shape index (κ3) is 1.50. The van der Waals surface area contributed by atoms with Gasteiger partial charge in [0, 0.05) is 15.3 Å². The first-order valence-electron chi connectivity index (χ1n) is 3.61. The number of anilines is 1. The molecule has 0 amide bonds. The lowest BCUT2D eigenvalue weighted by molar-refractivity contribution is 1.35. The summed E-state index contributed by atoms with van der Waals surface area (Å²) in [5.74, 6) is 0. The van der Waals surface area contributed by atoms with Crippen molar-refractivity contribution >= 4 is 40.6 Å². The highest BCUT2D eigenvalue weighted by molar-refractivity contribution is 14.1. The molecule has 12 heavy (non-hydrogen) atoms. The molecule has 1 aliphatic rings. The predicted molar refractivity (Wildman–Crippen MR) is 60.3 cm³/mol. The molecule has 0 radical (unpaired) electrons. The lowest BCUT2D eigenvalue weighted by Gasteiger charge is -2.03. The zero-order valence-electron chi connectivity index (χ0n) is 6.29. The van der Waals surface area contributed by atoms with Crippen LogP contribution in [0.15, 0.2) is 29.4 Å². The van der Waals surface area contributed by atoms with Gasteiger partial charge in [0.25, 0.3) is 0 Å². The molecule has 1 aromatic rings. The van der Waals surface area contributed by atoms with Gasteiger partial charge in [-0.15, -0.1) is 0 Å². The molecule has 0 aromatic heterocycles. The number of halogens is 1. The summed E-state index contributed by atoms with van der Waals surface area (Å²) in [6.45, 7) is 0. The van der Waals surface area contributed by atoms with E-state index in [1.165, 1.54) is 9.13 Å². The van der Waals surface area contributed by atoms with E-state index in [-0.39, 0.29) is 0 Å². The molecule has 0 fully saturated rings. The maximum absolute atomic E-state index is 3.98. The Kier molecular flexibility index (Phi) is 2.12. The van der Waals surface area contributed by atoms with Gasteiger partial charge in [-0.1, -0.05) is 6.08 Å². The first-order valence-corrected chi connectivity index (χ1v) is 4.69. The zero-order valence-corrected chi connectivity index (χ0v) is 8.45. The van der Waals surface area contributed by atoms with Crippen LogP contribution in [0.5, 0.6) is 0 Å². The van der Waals surface area contributed by atoms with E-state index in [1.807, 2.05) is 18.2 Å². The number of rotatable bonds is 0. The molecular formula is C9H7IN2. The highest BCUT2D eigenvalue weighted by Crippen LogP contribution is 2.21. The average molecular weight is 270 g/mol. The number of allylic oxidation sites excluding steroid dienone is 1. The lowest BCUT2D eigenvalue weighted by atomic mass is 10.2. The van der Waals surface area contributed by atoms with Crippen LogP contribution in [0.4, 0.5) is 5.69 Å². The second kappa shape index (κ2) is 3.26. The minimum atomic E-state index is 1.06. The Labute approximate surface area is 84.5 Å². The molecule has 2 nitrogen and oxygen atoms in total. The van der Waals surface area contributed by atoms with Crippen molar-refractivity contribution in [2.45, 2.75) is 0 Å². The van der Waals surface area contributed by atoms with Gasteiger partial charge in [-0.3, -0.25) is 5.43 Å². The molecule has 3 heteroatoms. The Morgan fingerprint density at radius 3 is 3.17 bits per heavy atom. The van der Waals surface area contributed by atoms with Crippen molar-refractivity contribution in [3.8, 4) is 0 Å². The number of fused-ring (bicyclic) bond motifs is 1. The van der Waals surface area contributed by atoms with Gasteiger partial charge in [0.2, 0.25) is 0 Å². The molecule has 2 rings (SSSR count). The SMILES string of the molecule is Ic1ccc2c(c1)C=CC=NN2. The van der Waals surface area contributed by atoms with Crippen molar-refractivity contribution in [1.29, 1.82) is 0 Å². The molecule has 0 bridgehead atoms. The smallest absolute Gasteiger partial charge is 0.0634 e. The molecule has 0 saturated heterocycles. The van der Waals surface area contributed by atoms with E-state index in [1.54, 1.807) is 6.21 Å². The maximum Gasteiger partial charge on any atom is 0.0634 e. The van der Waals surface area contributed by atoms with Crippen LogP contribution in [0.3, 0.4) is 0 Å². The van der Waals surface area contributed by atoms with Crippen LogP contribution in [0.2, 0.25) is 0 Å². The third-order valence-electron chi connectivity index (χ3n) is 1.63. The minimum Gasteiger partial charge on any atom is -0.278 e. The summed E-state index contributed by atoms with van der Waals surface area (Å²) < 4.78 is 1.24. The maximum atomic E-state index is 3.98. The summed E-state index contributed by atoms with van der Waals surface area (Å²) in [4.78, 5) is 0. The number of hydrogen-bond acceptors (Lipinski definition) is 2. The number of nitrogens with one attached hydrogen (secondary N) is 1. The van der Waals surface area contributed by atoms with E-state index in [0.29, 0.717) is 0 Å².